The van der Waals surface area contributed by atoms with Crippen molar-refractivity contribution in [3.05, 3.63) is 32.3 Å². The lowest BCUT2D eigenvalue weighted by atomic mass is 10.1. The minimum absolute atomic E-state index is 0.0268. The van der Waals surface area contributed by atoms with Crippen molar-refractivity contribution in [2.45, 2.75) is 19.9 Å². The Morgan fingerprint density at radius 1 is 1.59 bits per heavy atom. The molecule has 1 aromatic rings. The summed E-state index contributed by atoms with van der Waals surface area (Å²) < 4.78 is 0.651. The average molecular weight is 303 g/mol. The van der Waals surface area contributed by atoms with E-state index in [9.17, 15) is 10.1 Å². The number of nitrogens with zero attached hydrogens (tertiary/aromatic N) is 2. The fraction of sp³-hybridized carbons (Fsp3) is 0.455. The van der Waals surface area contributed by atoms with Crippen LogP contribution in [-0.2, 0) is 0 Å². The largest absolute Gasteiger partial charge is 0.394 e. The maximum absolute atomic E-state index is 10.8. The average Bonchev–Trinajstić information content (AvgIpc) is 2.29. The summed E-state index contributed by atoms with van der Waals surface area (Å²) >= 11 is 3.32. The molecule has 1 rings (SSSR count). The molecule has 0 fully saturated rings. The Labute approximate surface area is 108 Å². The van der Waals surface area contributed by atoms with Gasteiger partial charge in [-0.15, -0.1) is 0 Å². The highest BCUT2D eigenvalue weighted by Crippen LogP contribution is 2.33. The van der Waals surface area contributed by atoms with Gasteiger partial charge in [0.05, 0.1) is 17.2 Å². The van der Waals surface area contributed by atoms with Crippen LogP contribution in [0.1, 0.15) is 12.5 Å². The van der Waals surface area contributed by atoms with E-state index in [1.54, 1.807) is 13.0 Å². The van der Waals surface area contributed by atoms with E-state index in [-0.39, 0.29) is 18.3 Å². The third-order valence-corrected chi connectivity index (χ3v) is 3.40. The quantitative estimate of drug-likeness (QED) is 0.685. The predicted octanol–water partition coefficient (Wildman–Crippen LogP) is 2.48. The number of rotatable bonds is 4. The molecular weight excluding hydrogens is 288 g/mol. The lowest BCUT2D eigenvalue weighted by Crippen LogP contribution is -2.32. The van der Waals surface area contributed by atoms with Crippen LogP contribution in [0.3, 0.4) is 0 Å². The number of likely N-dealkylation sites (N-methyl/N-ethyl adjacent to an activating group) is 1. The first-order valence-electron chi connectivity index (χ1n) is 5.16. The van der Waals surface area contributed by atoms with Crippen molar-refractivity contribution >= 4 is 27.3 Å². The topological polar surface area (TPSA) is 66.6 Å². The molecule has 17 heavy (non-hydrogen) atoms. The molecule has 1 N–H and O–H groups in total. The zero-order valence-corrected chi connectivity index (χ0v) is 11.6. The Hall–Kier alpha value is -1.14. The van der Waals surface area contributed by atoms with Crippen LogP contribution in [0.4, 0.5) is 11.4 Å². The summed E-state index contributed by atoms with van der Waals surface area (Å²) in [5, 5.41) is 19.9. The van der Waals surface area contributed by atoms with Gasteiger partial charge >= 0.3 is 0 Å². The third kappa shape index (κ3) is 2.95. The minimum Gasteiger partial charge on any atom is -0.394 e. The standard InChI is InChI=1S/C11H15BrN2O3/c1-7-4-11(13(3)8(2)6-15)9(12)5-10(7)14(16)17/h4-5,8,15H,6H2,1-3H3. The van der Waals surface area contributed by atoms with E-state index < -0.39 is 4.92 Å². The van der Waals surface area contributed by atoms with E-state index in [4.69, 9.17) is 5.11 Å². The van der Waals surface area contributed by atoms with Crippen molar-refractivity contribution in [1.82, 2.24) is 0 Å². The molecule has 1 unspecified atom stereocenters. The summed E-state index contributed by atoms with van der Waals surface area (Å²) in [5.41, 5.74) is 1.52. The highest BCUT2D eigenvalue weighted by Gasteiger charge is 2.18. The van der Waals surface area contributed by atoms with Crippen LogP contribution >= 0.6 is 15.9 Å². The molecule has 0 aliphatic rings. The molecule has 1 atom stereocenters. The fourth-order valence-corrected chi connectivity index (χ4v) is 2.09. The number of nitro benzene ring substituents is 1. The normalized spacial score (nSPS) is 12.3. The van der Waals surface area contributed by atoms with E-state index in [2.05, 4.69) is 15.9 Å². The summed E-state index contributed by atoms with van der Waals surface area (Å²) in [4.78, 5) is 12.2. The molecule has 6 heteroatoms. The number of benzene rings is 1. The van der Waals surface area contributed by atoms with Crippen LogP contribution in [0.5, 0.6) is 0 Å². The first-order chi connectivity index (χ1) is 7.88. The van der Waals surface area contributed by atoms with E-state index in [0.717, 1.165) is 5.69 Å². The molecule has 0 radical (unpaired) electrons. The maximum Gasteiger partial charge on any atom is 0.273 e. The number of aliphatic hydroxyl groups excluding tert-OH is 1. The molecule has 0 spiro atoms. The lowest BCUT2D eigenvalue weighted by Gasteiger charge is -2.26. The van der Waals surface area contributed by atoms with Gasteiger partial charge in [0.2, 0.25) is 0 Å². The molecule has 94 valence electrons. The van der Waals surface area contributed by atoms with Gasteiger partial charge in [-0.25, -0.2) is 0 Å². The third-order valence-electron chi connectivity index (χ3n) is 2.77. The SMILES string of the molecule is Cc1cc(N(C)C(C)CO)c(Br)cc1[N+](=O)[O-]. The van der Waals surface area contributed by atoms with E-state index in [1.165, 1.54) is 6.07 Å². The zero-order valence-electron chi connectivity index (χ0n) is 9.98. The van der Waals surface area contributed by atoms with Crippen molar-refractivity contribution in [2.24, 2.45) is 0 Å². The first kappa shape index (κ1) is 13.9. The molecule has 0 aliphatic heterocycles. The predicted molar refractivity (Wildman–Crippen MR) is 70.5 cm³/mol. The second-order valence-electron chi connectivity index (χ2n) is 3.99. The van der Waals surface area contributed by atoms with E-state index in [1.807, 2.05) is 18.9 Å². The Kier molecular flexibility index (Phi) is 4.47. The monoisotopic (exact) mass is 302 g/mol. The van der Waals surface area contributed by atoms with Crippen molar-refractivity contribution in [1.29, 1.82) is 0 Å². The molecule has 0 saturated heterocycles. The second-order valence-corrected chi connectivity index (χ2v) is 4.84. The molecule has 0 heterocycles. The highest BCUT2D eigenvalue weighted by molar-refractivity contribution is 9.10. The number of anilines is 1. The summed E-state index contributed by atoms with van der Waals surface area (Å²) in [6.45, 7) is 3.60. The van der Waals surface area contributed by atoms with Gasteiger partial charge in [0.1, 0.15) is 0 Å². The van der Waals surface area contributed by atoms with Gasteiger partial charge in [0.25, 0.3) is 5.69 Å². The van der Waals surface area contributed by atoms with Crippen LogP contribution in [0.2, 0.25) is 0 Å². The maximum atomic E-state index is 10.8. The summed E-state index contributed by atoms with van der Waals surface area (Å²) in [6.07, 6.45) is 0. The zero-order chi connectivity index (χ0) is 13.2. The van der Waals surface area contributed by atoms with Gasteiger partial charge in [-0.05, 0) is 35.8 Å². The number of aliphatic hydroxyl groups is 1. The van der Waals surface area contributed by atoms with Crippen LogP contribution in [0.15, 0.2) is 16.6 Å². The van der Waals surface area contributed by atoms with Crippen molar-refractivity contribution in [3.8, 4) is 0 Å². The number of aryl methyl sites for hydroxylation is 1. The van der Waals surface area contributed by atoms with Gasteiger partial charge in [-0.2, -0.15) is 0 Å². The number of nitro groups is 1. The Balaban J connectivity index is 3.20. The van der Waals surface area contributed by atoms with Gasteiger partial charge in [-0.1, -0.05) is 0 Å². The minimum atomic E-state index is -0.403. The molecule has 0 aromatic heterocycles. The van der Waals surface area contributed by atoms with Gasteiger partial charge in [0.15, 0.2) is 0 Å². The van der Waals surface area contributed by atoms with Gasteiger partial charge in [-0.3, -0.25) is 10.1 Å². The Bertz CT molecular complexity index is 437. The molecule has 0 aliphatic carbocycles. The Morgan fingerprint density at radius 3 is 2.65 bits per heavy atom. The van der Waals surface area contributed by atoms with Crippen molar-refractivity contribution in [2.75, 3.05) is 18.6 Å². The number of halogens is 1. The highest BCUT2D eigenvalue weighted by atomic mass is 79.9. The van der Waals surface area contributed by atoms with Crippen molar-refractivity contribution in [3.63, 3.8) is 0 Å². The van der Waals surface area contributed by atoms with Crippen LogP contribution in [-0.4, -0.2) is 29.7 Å². The summed E-state index contributed by atoms with van der Waals surface area (Å²) in [6, 6.07) is 3.19. The fourth-order valence-electron chi connectivity index (χ4n) is 1.48. The molecule has 5 nitrogen and oxygen atoms in total. The first-order valence-corrected chi connectivity index (χ1v) is 5.96. The molecule has 0 amide bonds. The smallest absolute Gasteiger partial charge is 0.273 e. The second kappa shape index (κ2) is 5.46. The van der Waals surface area contributed by atoms with Gasteiger partial charge < -0.3 is 10.0 Å². The molecule has 1 aromatic carbocycles. The molecule has 0 saturated carbocycles. The van der Waals surface area contributed by atoms with E-state index >= 15 is 0 Å². The lowest BCUT2D eigenvalue weighted by molar-refractivity contribution is -0.385. The van der Waals surface area contributed by atoms with Crippen LogP contribution < -0.4 is 4.90 Å². The van der Waals surface area contributed by atoms with Gasteiger partial charge in [0, 0.05) is 29.2 Å². The number of hydrogen-bond acceptors (Lipinski definition) is 4. The Morgan fingerprint density at radius 2 is 2.18 bits per heavy atom. The van der Waals surface area contributed by atoms with E-state index in [0.29, 0.717) is 10.0 Å². The molecule has 0 bridgehead atoms. The van der Waals surface area contributed by atoms with Crippen LogP contribution in [0.25, 0.3) is 0 Å². The summed E-state index contributed by atoms with van der Waals surface area (Å²) in [5.74, 6) is 0. The number of hydrogen-bond donors (Lipinski definition) is 1. The summed E-state index contributed by atoms with van der Waals surface area (Å²) in [7, 11) is 1.84. The molecular formula is C11H15BrN2O3. The van der Waals surface area contributed by atoms with Crippen LogP contribution in [0, 0.1) is 17.0 Å². The van der Waals surface area contributed by atoms with Crippen molar-refractivity contribution < 1.29 is 10.0 Å².